The average Bonchev–Trinajstić information content (AvgIpc) is 1.78. The minimum atomic E-state index is -3.96. The Balaban J connectivity index is 3.57. The van der Waals surface area contributed by atoms with Gasteiger partial charge in [0.2, 0.25) is 10.0 Å². The van der Waals surface area contributed by atoms with Gasteiger partial charge >= 0.3 is 0 Å². The maximum atomic E-state index is 10.9. The summed E-state index contributed by atoms with van der Waals surface area (Å²) >= 11 is 0. The number of nitrogens with two attached hydrogens (primary N) is 1. The fourth-order valence-electron chi connectivity index (χ4n) is 0.606. The fourth-order valence-corrected chi connectivity index (χ4v) is 1.05. The van der Waals surface area contributed by atoms with Crippen LogP contribution in [0.3, 0.4) is 0 Å². The first-order valence-corrected chi connectivity index (χ1v) is 4.47. The monoisotopic (exact) mass is 173 g/mol. The smallest absolute Gasteiger partial charge is 0.225 e. The summed E-state index contributed by atoms with van der Waals surface area (Å²) < 4.78 is 36.5. The van der Waals surface area contributed by atoms with Crippen LogP contribution in [0.4, 0.5) is 0 Å². The van der Waals surface area contributed by atoms with Gasteiger partial charge < -0.3 is 0 Å². The number of primary sulfonamides is 1. The van der Waals surface area contributed by atoms with Gasteiger partial charge in [-0.2, -0.15) is 0 Å². The van der Waals surface area contributed by atoms with E-state index in [2.05, 4.69) is 0 Å². The summed E-state index contributed by atoms with van der Waals surface area (Å²) in [4.78, 5) is -0.418. The van der Waals surface area contributed by atoms with Crippen molar-refractivity contribution in [2.75, 3.05) is 0 Å². The van der Waals surface area contributed by atoms with E-state index in [4.69, 9.17) is 7.88 Å². The van der Waals surface area contributed by atoms with Crippen LogP contribution < -0.4 is 5.14 Å². The number of hydrogen-bond acceptors (Lipinski definition) is 2. The van der Waals surface area contributed by atoms with Crippen molar-refractivity contribution in [2.24, 2.45) is 5.14 Å². The predicted molar refractivity (Wildman–Crippen MR) is 42.6 cm³/mol. The summed E-state index contributed by atoms with van der Waals surface area (Å²) in [5.41, 5.74) is 0.669. The lowest BCUT2D eigenvalue weighted by Gasteiger charge is -1.96. The minimum Gasteiger partial charge on any atom is -0.225 e. The molecular formula is C7H9NO2S. The molecule has 0 bridgehead atoms. The van der Waals surface area contributed by atoms with Gasteiger partial charge in [0.1, 0.15) is 0 Å². The zero-order chi connectivity index (χ0) is 10.2. The summed E-state index contributed by atoms with van der Waals surface area (Å²) in [7, 11) is -3.96. The molecule has 0 saturated carbocycles. The summed E-state index contributed by atoms with van der Waals surface area (Å²) in [6, 6.07) is 2.26. The third-order valence-electron chi connectivity index (χ3n) is 1.15. The molecule has 0 amide bonds. The second kappa shape index (κ2) is 2.64. The molecule has 1 rings (SSSR count). The van der Waals surface area contributed by atoms with Gasteiger partial charge in [0.05, 0.1) is 7.64 Å². The van der Waals surface area contributed by atoms with E-state index >= 15 is 0 Å². The zero-order valence-corrected chi connectivity index (χ0v) is 6.77. The van der Waals surface area contributed by atoms with Gasteiger partial charge in [-0.15, -0.1) is 0 Å². The van der Waals surface area contributed by atoms with Gasteiger partial charge in [0, 0.05) is 0 Å². The molecule has 0 atom stereocenters. The van der Waals surface area contributed by atoms with E-state index in [1.165, 1.54) is 12.1 Å². The normalized spacial score (nSPS) is 14.0. The van der Waals surface area contributed by atoms with Crippen LogP contribution in [0, 0.1) is 6.92 Å². The lowest BCUT2D eigenvalue weighted by atomic mass is 10.2. The molecule has 1 aromatic carbocycles. The third kappa shape index (κ3) is 2.03. The van der Waals surface area contributed by atoms with Crippen molar-refractivity contribution in [3.8, 4) is 0 Å². The number of sulfonamides is 1. The molecule has 11 heavy (non-hydrogen) atoms. The first-order valence-electron chi connectivity index (χ1n) is 3.93. The summed E-state index contributed by atoms with van der Waals surface area (Å²) in [6.45, 7) is 1.68. The Kier molecular flexibility index (Phi) is 1.38. The lowest BCUT2D eigenvalue weighted by molar-refractivity contribution is 0.598. The van der Waals surface area contributed by atoms with Crippen molar-refractivity contribution in [3.05, 3.63) is 29.8 Å². The van der Waals surface area contributed by atoms with Crippen LogP contribution in [-0.4, -0.2) is 8.42 Å². The van der Waals surface area contributed by atoms with Gasteiger partial charge in [-0.3, -0.25) is 0 Å². The van der Waals surface area contributed by atoms with Gasteiger partial charge in [-0.1, -0.05) is 17.7 Å². The average molecular weight is 173 g/mol. The standard InChI is InChI=1S/C7H9NO2S/c1-6-2-4-7(5-3-6)11(8,9)10/h2-5H,1H3,(H2,8,9,10)/i4D,5D. The molecular weight excluding hydrogens is 162 g/mol. The van der Waals surface area contributed by atoms with Crippen LogP contribution in [0.5, 0.6) is 0 Å². The topological polar surface area (TPSA) is 60.2 Å². The maximum absolute atomic E-state index is 10.9. The quantitative estimate of drug-likeness (QED) is 0.677. The van der Waals surface area contributed by atoms with Crippen LogP contribution in [0.2, 0.25) is 0 Å². The van der Waals surface area contributed by atoms with Crippen molar-refractivity contribution in [3.63, 3.8) is 0 Å². The molecule has 0 aliphatic carbocycles. The Bertz CT molecular complexity index is 419. The van der Waals surface area contributed by atoms with Crippen molar-refractivity contribution in [1.29, 1.82) is 0 Å². The summed E-state index contributed by atoms with van der Waals surface area (Å²) in [5, 5.41) is 4.84. The second-order valence-electron chi connectivity index (χ2n) is 2.20. The van der Waals surface area contributed by atoms with Crippen molar-refractivity contribution in [2.45, 2.75) is 11.8 Å². The molecule has 0 aliphatic rings. The molecule has 3 nitrogen and oxygen atoms in total. The molecule has 0 aliphatic heterocycles. The molecule has 1 aromatic rings. The highest BCUT2D eigenvalue weighted by molar-refractivity contribution is 7.89. The molecule has 0 heterocycles. The second-order valence-corrected chi connectivity index (χ2v) is 3.69. The molecule has 0 radical (unpaired) electrons. The molecule has 2 N–H and O–H groups in total. The largest absolute Gasteiger partial charge is 0.238 e. The summed E-state index contributed by atoms with van der Waals surface area (Å²) in [5.74, 6) is 0. The van der Waals surface area contributed by atoms with E-state index in [9.17, 15) is 8.42 Å². The number of aryl methyl sites for hydroxylation is 1. The van der Waals surface area contributed by atoms with Gasteiger partial charge in [-0.25, -0.2) is 13.6 Å². The first kappa shape index (κ1) is 5.74. The van der Waals surface area contributed by atoms with E-state index in [-0.39, 0.29) is 12.1 Å². The number of rotatable bonds is 1. The van der Waals surface area contributed by atoms with E-state index in [0.717, 1.165) is 0 Å². The van der Waals surface area contributed by atoms with Crippen molar-refractivity contribution < 1.29 is 11.2 Å². The number of hydrogen-bond donors (Lipinski definition) is 1. The van der Waals surface area contributed by atoms with E-state index < -0.39 is 14.9 Å². The Morgan fingerprint density at radius 1 is 1.45 bits per heavy atom. The van der Waals surface area contributed by atoms with E-state index in [1.54, 1.807) is 6.92 Å². The Morgan fingerprint density at radius 3 is 2.27 bits per heavy atom. The van der Waals surface area contributed by atoms with Crippen LogP contribution in [-0.2, 0) is 10.0 Å². The molecule has 0 spiro atoms. The Morgan fingerprint density at radius 2 is 1.91 bits per heavy atom. The third-order valence-corrected chi connectivity index (χ3v) is 1.95. The molecule has 0 fully saturated rings. The Labute approximate surface area is 68.7 Å². The molecule has 0 aromatic heterocycles. The number of benzene rings is 1. The van der Waals surface area contributed by atoms with Gasteiger partial charge in [-0.05, 0) is 19.0 Å². The lowest BCUT2D eigenvalue weighted by Crippen LogP contribution is -2.11. The van der Waals surface area contributed by atoms with Crippen LogP contribution >= 0.6 is 0 Å². The first-order chi connectivity index (χ1) is 5.82. The molecule has 60 valence electrons. The highest BCUT2D eigenvalue weighted by Gasteiger charge is 2.04. The minimum absolute atomic E-state index is 0.229. The van der Waals surface area contributed by atoms with Crippen LogP contribution in [0.1, 0.15) is 8.30 Å². The van der Waals surface area contributed by atoms with Crippen LogP contribution in [0.15, 0.2) is 29.1 Å². The highest BCUT2D eigenvalue weighted by atomic mass is 32.2. The SMILES string of the molecule is [2H]c1cc(C)cc([2H])c1S(N)(=O)=O. The zero-order valence-electron chi connectivity index (χ0n) is 7.96. The molecule has 4 heteroatoms. The van der Waals surface area contributed by atoms with E-state index in [0.29, 0.717) is 5.56 Å². The van der Waals surface area contributed by atoms with Gasteiger partial charge in [0.25, 0.3) is 0 Å². The Hall–Kier alpha value is -0.870. The van der Waals surface area contributed by atoms with E-state index in [1.807, 2.05) is 0 Å². The van der Waals surface area contributed by atoms with Gasteiger partial charge in [0.15, 0.2) is 0 Å². The fraction of sp³-hybridized carbons (Fsp3) is 0.143. The highest BCUT2D eigenvalue weighted by Crippen LogP contribution is 2.06. The van der Waals surface area contributed by atoms with Crippen molar-refractivity contribution in [1.82, 2.24) is 0 Å². The predicted octanol–water partition coefficient (Wildman–Crippen LogP) is 0.642. The summed E-state index contributed by atoms with van der Waals surface area (Å²) in [6.07, 6.45) is 0. The van der Waals surface area contributed by atoms with Crippen molar-refractivity contribution >= 4 is 10.0 Å². The molecule has 0 unspecified atom stereocenters. The maximum Gasteiger partial charge on any atom is 0.238 e. The van der Waals surface area contributed by atoms with Crippen LogP contribution in [0.25, 0.3) is 0 Å². The molecule has 0 saturated heterocycles.